The van der Waals surface area contributed by atoms with Gasteiger partial charge < -0.3 is 4.90 Å². The largest absolute Gasteiger partial charge is 0.345 e. The number of sulfonamides is 1. The van der Waals surface area contributed by atoms with Gasteiger partial charge in [0.1, 0.15) is 5.82 Å². The van der Waals surface area contributed by atoms with Crippen LogP contribution < -0.4 is 4.90 Å². The highest BCUT2D eigenvalue weighted by molar-refractivity contribution is 7.89. The van der Waals surface area contributed by atoms with Crippen LogP contribution in [0.25, 0.3) is 0 Å². The molecule has 158 valence electrons. The van der Waals surface area contributed by atoms with Crippen LogP contribution in [0.1, 0.15) is 16.8 Å². The number of thiazole rings is 1. The van der Waals surface area contributed by atoms with E-state index < -0.39 is 15.8 Å². The molecule has 0 radical (unpaired) electrons. The molecule has 0 bridgehead atoms. The van der Waals surface area contributed by atoms with Gasteiger partial charge in [-0.25, -0.2) is 17.8 Å². The average Bonchev–Trinajstić information content (AvgIpc) is 3.20. The van der Waals surface area contributed by atoms with Gasteiger partial charge >= 0.3 is 0 Å². The van der Waals surface area contributed by atoms with Crippen molar-refractivity contribution in [3.8, 4) is 0 Å². The first-order valence-electron chi connectivity index (χ1n) is 9.53. The second-order valence-corrected chi connectivity index (χ2v) is 10.4. The molecule has 5 nitrogen and oxygen atoms in total. The fraction of sp³-hybridized carbons (Fsp3) is 0.286. The number of nitrogens with zero attached hydrogens (tertiary/aromatic N) is 3. The number of hydrogen-bond donors (Lipinski definition) is 0. The Labute approximate surface area is 184 Å². The highest BCUT2D eigenvalue weighted by atomic mass is 35.5. The summed E-state index contributed by atoms with van der Waals surface area (Å²) in [6.07, 6.45) is 0.520. The Morgan fingerprint density at radius 1 is 1.10 bits per heavy atom. The molecule has 2 aromatic carbocycles. The lowest BCUT2D eigenvalue weighted by Crippen LogP contribution is -2.48. The molecule has 2 heterocycles. The van der Waals surface area contributed by atoms with Crippen molar-refractivity contribution in [3.05, 3.63) is 75.5 Å². The lowest BCUT2D eigenvalue weighted by atomic mass is 10.1. The van der Waals surface area contributed by atoms with Gasteiger partial charge in [0.25, 0.3) is 0 Å². The van der Waals surface area contributed by atoms with Crippen molar-refractivity contribution in [3.63, 3.8) is 0 Å². The quantitative estimate of drug-likeness (QED) is 0.562. The van der Waals surface area contributed by atoms with E-state index in [2.05, 4.69) is 9.88 Å². The number of anilines is 1. The van der Waals surface area contributed by atoms with Crippen molar-refractivity contribution in [2.45, 2.75) is 18.2 Å². The van der Waals surface area contributed by atoms with Gasteiger partial charge in [-0.15, -0.1) is 11.3 Å². The number of rotatable bonds is 5. The Hall–Kier alpha value is -2.00. The van der Waals surface area contributed by atoms with Crippen LogP contribution in [0.15, 0.2) is 52.7 Å². The van der Waals surface area contributed by atoms with Gasteiger partial charge in [0.05, 0.1) is 15.6 Å². The van der Waals surface area contributed by atoms with E-state index in [4.69, 9.17) is 11.6 Å². The summed E-state index contributed by atoms with van der Waals surface area (Å²) in [7, 11) is -3.48. The normalized spacial score (nSPS) is 15.5. The van der Waals surface area contributed by atoms with Crippen LogP contribution in [-0.2, 0) is 16.4 Å². The van der Waals surface area contributed by atoms with Gasteiger partial charge in [-0.05, 0) is 36.8 Å². The molecule has 1 saturated heterocycles. The van der Waals surface area contributed by atoms with Crippen LogP contribution in [0.5, 0.6) is 0 Å². The third-order valence-corrected chi connectivity index (χ3v) is 8.25. The fourth-order valence-corrected chi connectivity index (χ4v) is 5.78. The predicted molar refractivity (Wildman–Crippen MR) is 118 cm³/mol. The highest BCUT2D eigenvalue weighted by Gasteiger charge is 2.29. The first-order valence-corrected chi connectivity index (χ1v) is 12.2. The lowest BCUT2D eigenvalue weighted by molar-refractivity contribution is 0.384. The second-order valence-electron chi connectivity index (χ2n) is 7.25. The number of aromatic nitrogens is 1. The number of benzene rings is 2. The van der Waals surface area contributed by atoms with Crippen molar-refractivity contribution >= 4 is 38.1 Å². The zero-order chi connectivity index (χ0) is 21.3. The molecule has 3 aromatic rings. The Morgan fingerprint density at radius 3 is 2.47 bits per heavy atom. The molecule has 1 aromatic heterocycles. The summed E-state index contributed by atoms with van der Waals surface area (Å²) in [6.45, 7) is 3.91. The molecule has 0 amide bonds. The smallest absolute Gasteiger partial charge is 0.243 e. The molecule has 1 fully saturated rings. The molecule has 0 unspecified atom stereocenters. The first kappa shape index (κ1) is 21.2. The zero-order valence-corrected chi connectivity index (χ0v) is 18.8. The van der Waals surface area contributed by atoms with E-state index in [0.717, 1.165) is 22.0 Å². The van der Waals surface area contributed by atoms with Crippen molar-refractivity contribution in [2.75, 3.05) is 31.1 Å². The van der Waals surface area contributed by atoms with E-state index in [1.54, 1.807) is 24.3 Å². The topological polar surface area (TPSA) is 53.5 Å². The van der Waals surface area contributed by atoms with Gasteiger partial charge in [-0.3, -0.25) is 0 Å². The molecule has 30 heavy (non-hydrogen) atoms. The summed E-state index contributed by atoms with van der Waals surface area (Å²) in [6, 6.07) is 11.7. The summed E-state index contributed by atoms with van der Waals surface area (Å²) in [5, 5.41) is 2.92. The molecule has 4 rings (SSSR count). The average molecular weight is 466 g/mol. The van der Waals surface area contributed by atoms with E-state index in [-0.39, 0.29) is 5.02 Å². The minimum atomic E-state index is -3.48. The van der Waals surface area contributed by atoms with Crippen molar-refractivity contribution in [2.24, 2.45) is 0 Å². The van der Waals surface area contributed by atoms with Crippen molar-refractivity contribution < 1.29 is 12.8 Å². The summed E-state index contributed by atoms with van der Waals surface area (Å²) in [4.78, 5) is 7.08. The SMILES string of the molecule is Cc1ccc(S(=O)(=O)N2CCN(c3nc(Cc4ccc(Cl)c(F)c4)cs3)CC2)cc1. The fourth-order valence-electron chi connectivity index (χ4n) is 3.36. The molecule has 0 aliphatic carbocycles. The third kappa shape index (κ3) is 4.51. The summed E-state index contributed by atoms with van der Waals surface area (Å²) >= 11 is 7.25. The van der Waals surface area contributed by atoms with Gasteiger partial charge in [0.15, 0.2) is 5.13 Å². The highest BCUT2D eigenvalue weighted by Crippen LogP contribution is 2.26. The van der Waals surface area contributed by atoms with Crippen LogP contribution in [0.4, 0.5) is 9.52 Å². The number of hydrogen-bond acceptors (Lipinski definition) is 5. The third-order valence-electron chi connectivity index (χ3n) is 5.08. The van der Waals surface area contributed by atoms with Gasteiger partial charge in [-0.2, -0.15) is 4.31 Å². The summed E-state index contributed by atoms with van der Waals surface area (Å²) < 4.78 is 40.9. The zero-order valence-electron chi connectivity index (χ0n) is 16.4. The molecule has 1 aliphatic heterocycles. The Balaban J connectivity index is 1.40. The monoisotopic (exact) mass is 465 g/mol. The maximum Gasteiger partial charge on any atom is 0.243 e. The molecule has 0 N–H and O–H groups in total. The van der Waals surface area contributed by atoms with E-state index in [9.17, 15) is 12.8 Å². The molecular formula is C21H21ClFN3O2S2. The molecule has 1 aliphatic rings. The number of piperazine rings is 1. The Morgan fingerprint density at radius 2 is 1.80 bits per heavy atom. The van der Waals surface area contributed by atoms with Crippen LogP contribution in [0.3, 0.4) is 0 Å². The first-order chi connectivity index (χ1) is 14.3. The maximum absolute atomic E-state index is 13.6. The van der Waals surface area contributed by atoms with Crippen LogP contribution >= 0.6 is 22.9 Å². The summed E-state index contributed by atoms with van der Waals surface area (Å²) in [5.41, 5.74) is 2.69. The van der Waals surface area contributed by atoms with E-state index in [0.29, 0.717) is 37.5 Å². The Bertz CT molecular complexity index is 1140. The minimum absolute atomic E-state index is 0.108. The standard InChI is InChI=1S/C21H21ClFN3O2S2/c1-15-2-5-18(6-3-15)30(27,28)26-10-8-25(9-11-26)21-24-17(14-29-21)12-16-4-7-19(22)20(23)13-16/h2-7,13-14H,8-12H2,1H3. The molecule has 9 heteroatoms. The van der Waals surface area contributed by atoms with E-state index in [1.807, 2.05) is 24.4 Å². The maximum atomic E-state index is 13.6. The van der Waals surface area contributed by atoms with Crippen LogP contribution in [-0.4, -0.2) is 43.9 Å². The van der Waals surface area contributed by atoms with Gasteiger partial charge in [0.2, 0.25) is 10.0 Å². The number of aryl methyl sites for hydroxylation is 1. The second kappa shape index (κ2) is 8.63. The van der Waals surface area contributed by atoms with E-state index in [1.165, 1.54) is 21.7 Å². The summed E-state index contributed by atoms with van der Waals surface area (Å²) in [5.74, 6) is -0.435. The molecular weight excluding hydrogens is 445 g/mol. The van der Waals surface area contributed by atoms with Gasteiger partial charge in [0, 0.05) is 38.0 Å². The van der Waals surface area contributed by atoms with E-state index >= 15 is 0 Å². The predicted octanol–water partition coefficient (Wildman–Crippen LogP) is 4.35. The minimum Gasteiger partial charge on any atom is -0.345 e. The molecule has 0 spiro atoms. The van der Waals surface area contributed by atoms with Crippen LogP contribution in [0.2, 0.25) is 5.02 Å². The van der Waals surface area contributed by atoms with Gasteiger partial charge in [-0.1, -0.05) is 35.4 Å². The lowest BCUT2D eigenvalue weighted by Gasteiger charge is -2.33. The Kier molecular flexibility index (Phi) is 6.11. The van der Waals surface area contributed by atoms with Crippen molar-refractivity contribution in [1.29, 1.82) is 0 Å². The molecule has 0 saturated carbocycles. The van der Waals surface area contributed by atoms with Crippen LogP contribution in [0, 0.1) is 12.7 Å². The molecule has 0 atom stereocenters. The number of halogens is 2. The van der Waals surface area contributed by atoms with Crippen molar-refractivity contribution in [1.82, 2.24) is 9.29 Å².